The highest BCUT2D eigenvalue weighted by molar-refractivity contribution is 7.80. The summed E-state index contributed by atoms with van der Waals surface area (Å²) in [7, 11) is 0. The molecular weight excluding hydrogens is 276 g/mol. The van der Waals surface area contributed by atoms with Crippen LogP contribution in [0.4, 0.5) is 5.69 Å². The number of ether oxygens (including phenoxy) is 1. The van der Waals surface area contributed by atoms with Crippen LogP contribution in [0.25, 0.3) is 0 Å². The number of rotatable bonds is 4. The number of carbonyl (C=O) groups is 2. The first-order valence-corrected chi connectivity index (χ1v) is 6.85. The zero-order valence-electron chi connectivity index (χ0n) is 11.0. The van der Waals surface area contributed by atoms with Crippen LogP contribution in [0.1, 0.15) is 25.7 Å². The van der Waals surface area contributed by atoms with Gasteiger partial charge in [-0.1, -0.05) is 12.2 Å². The lowest BCUT2D eigenvalue weighted by Gasteiger charge is -2.19. The molecule has 0 radical (unpaired) electrons. The summed E-state index contributed by atoms with van der Waals surface area (Å²) in [6, 6.07) is 6.77. The van der Waals surface area contributed by atoms with Gasteiger partial charge in [0.1, 0.15) is 17.3 Å². The van der Waals surface area contributed by atoms with Gasteiger partial charge in [-0.25, -0.2) is 0 Å². The van der Waals surface area contributed by atoms with Gasteiger partial charge in [-0.2, -0.15) is 0 Å². The van der Waals surface area contributed by atoms with Gasteiger partial charge < -0.3 is 10.5 Å². The molecule has 0 unspecified atom stereocenters. The summed E-state index contributed by atoms with van der Waals surface area (Å²) < 4.78 is 5.33. The Morgan fingerprint density at radius 2 is 1.70 bits per heavy atom. The number of thiocarbonyl (C=S) groups is 1. The monoisotopic (exact) mass is 292 g/mol. The quantitative estimate of drug-likeness (QED) is 0.676. The van der Waals surface area contributed by atoms with Crippen molar-refractivity contribution in [1.82, 2.24) is 0 Å². The third-order valence-electron chi connectivity index (χ3n) is 3.01. The van der Waals surface area contributed by atoms with Crippen LogP contribution < -0.4 is 15.4 Å². The summed E-state index contributed by atoms with van der Waals surface area (Å²) in [6.07, 6.45) is 2.34. The Morgan fingerprint density at radius 1 is 1.15 bits per heavy atom. The smallest absolute Gasteiger partial charge is 0.233 e. The Morgan fingerprint density at radius 3 is 2.20 bits per heavy atom. The van der Waals surface area contributed by atoms with Gasteiger partial charge >= 0.3 is 0 Å². The van der Waals surface area contributed by atoms with Crippen LogP contribution in [-0.4, -0.2) is 23.4 Å². The van der Waals surface area contributed by atoms with Crippen molar-refractivity contribution in [2.75, 3.05) is 11.5 Å². The molecule has 0 bridgehead atoms. The molecule has 2 N–H and O–H groups in total. The van der Waals surface area contributed by atoms with E-state index in [2.05, 4.69) is 0 Å². The van der Waals surface area contributed by atoms with Gasteiger partial charge in [0.15, 0.2) is 0 Å². The van der Waals surface area contributed by atoms with E-state index in [1.807, 2.05) is 0 Å². The number of amides is 2. The van der Waals surface area contributed by atoms with E-state index in [0.29, 0.717) is 24.3 Å². The van der Waals surface area contributed by atoms with Crippen LogP contribution in [0, 0.1) is 0 Å². The van der Waals surface area contributed by atoms with Gasteiger partial charge in [0.2, 0.25) is 11.8 Å². The van der Waals surface area contributed by atoms with Crippen molar-refractivity contribution in [2.45, 2.75) is 25.7 Å². The van der Waals surface area contributed by atoms with Crippen LogP contribution >= 0.6 is 12.2 Å². The first-order chi connectivity index (χ1) is 9.58. The van der Waals surface area contributed by atoms with Gasteiger partial charge in [0.05, 0.1) is 5.69 Å². The van der Waals surface area contributed by atoms with Crippen LogP contribution in [-0.2, 0) is 9.59 Å². The third-order valence-corrected chi connectivity index (χ3v) is 3.12. The lowest BCUT2D eigenvalue weighted by Crippen LogP contribution is -2.34. The molecule has 1 aromatic carbocycles. The van der Waals surface area contributed by atoms with Gasteiger partial charge in [0, 0.05) is 12.8 Å². The molecule has 1 saturated heterocycles. The number of nitrogens with zero attached hydrogens (tertiary/aromatic N) is 1. The average molecular weight is 292 g/mol. The minimum atomic E-state index is -0.149. The minimum Gasteiger partial charge on any atom is -0.487 e. The van der Waals surface area contributed by atoms with E-state index in [0.717, 1.165) is 12.8 Å². The summed E-state index contributed by atoms with van der Waals surface area (Å²) >= 11 is 4.72. The van der Waals surface area contributed by atoms with Crippen LogP contribution in [0.2, 0.25) is 0 Å². The fourth-order valence-electron chi connectivity index (χ4n) is 2.05. The maximum absolute atomic E-state index is 12.0. The Bertz CT molecular complexity index is 510. The first kappa shape index (κ1) is 14.5. The number of imide groups is 1. The van der Waals surface area contributed by atoms with Crippen molar-refractivity contribution < 1.29 is 14.3 Å². The fourth-order valence-corrected chi connectivity index (χ4v) is 2.11. The molecule has 1 aliphatic rings. The fraction of sp³-hybridized carbons (Fsp3) is 0.357. The van der Waals surface area contributed by atoms with Crippen molar-refractivity contribution in [1.29, 1.82) is 0 Å². The Balaban J connectivity index is 2.13. The number of carbonyl (C=O) groups excluding carboxylic acids is 2. The van der Waals surface area contributed by atoms with Crippen LogP contribution in [0.3, 0.4) is 0 Å². The molecule has 2 amide bonds. The highest BCUT2D eigenvalue weighted by atomic mass is 32.1. The lowest BCUT2D eigenvalue weighted by atomic mass is 10.2. The summed E-state index contributed by atoms with van der Waals surface area (Å²) in [4.78, 5) is 25.5. The molecule has 1 aromatic rings. The van der Waals surface area contributed by atoms with Crippen LogP contribution in [0.15, 0.2) is 24.3 Å². The maximum Gasteiger partial charge on any atom is 0.233 e. The molecule has 2 rings (SSSR count). The van der Waals surface area contributed by atoms with Crippen molar-refractivity contribution in [3.8, 4) is 5.75 Å². The molecule has 0 atom stereocenters. The number of hydrogen-bond acceptors (Lipinski definition) is 4. The molecule has 5 nitrogen and oxygen atoms in total. The number of benzene rings is 1. The second-order valence-corrected chi connectivity index (χ2v) is 5.10. The number of hydrogen-bond donors (Lipinski definition) is 1. The average Bonchev–Trinajstić information content (AvgIpc) is 2.58. The molecule has 0 spiro atoms. The van der Waals surface area contributed by atoms with E-state index in [1.165, 1.54) is 4.90 Å². The van der Waals surface area contributed by atoms with E-state index in [4.69, 9.17) is 22.7 Å². The molecule has 1 heterocycles. The van der Waals surface area contributed by atoms with Gasteiger partial charge in [-0.3, -0.25) is 14.5 Å². The van der Waals surface area contributed by atoms with Gasteiger partial charge in [-0.05, 0) is 37.1 Å². The van der Waals surface area contributed by atoms with E-state index in [9.17, 15) is 9.59 Å². The van der Waals surface area contributed by atoms with E-state index in [1.54, 1.807) is 24.3 Å². The Kier molecular flexibility index (Phi) is 4.68. The maximum atomic E-state index is 12.0. The summed E-state index contributed by atoms with van der Waals surface area (Å²) in [5.74, 6) is 0.296. The van der Waals surface area contributed by atoms with E-state index in [-0.39, 0.29) is 23.4 Å². The Labute approximate surface area is 122 Å². The topological polar surface area (TPSA) is 72.6 Å². The second kappa shape index (κ2) is 6.47. The molecular formula is C14H16N2O3S. The highest BCUT2D eigenvalue weighted by Crippen LogP contribution is 2.24. The van der Waals surface area contributed by atoms with Crippen LogP contribution in [0.5, 0.6) is 5.75 Å². The predicted octanol–water partition coefficient (Wildman–Crippen LogP) is 1.79. The van der Waals surface area contributed by atoms with Gasteiger partial charge in [-0.15, -0.1) is 0 Å². The predicted molar refractivity (Wildman–Crippen MR) is 79.7 cm³/mol. The molecule has 106 valence electrons. The van der Waals surface area contributed by atoms with Crippen molar-refractivity contribution >= 4 is 34.7 Å². The molecule has 20 heavy (non-hydrogen) atoms. The normalized spacial score (nSPS) is 15.9. The summed E-state index contributed by atoms with van der Waals surface area (Å²) in [6.45, 7) is 0.163. The molecule has 1 fully saturated rings. The molecule has 6 heteroatoms. The van der Waals surface area contributed by atoms with E-state index < -0.39 is 0 Å². The van der Waals surface area contributed by atoms with Crippen molar-refractivity contribution in [3.63, 3.8) is 0 Å². The summed E-state index contributed by atoms with van der Waals surface area (Å²) in [5.41, 5.74) is 5.92. The van der Waals surface area contributed by atoms with Crippen molar-refractivity contribution in [3.05, 3.63) is 24.3 Å². The van der Waals surface area contributed by atoms with Gasteiger partial charge in [0.25, 0.3) is 0 Å². The second-order valence-electron chi connectivity index (χ2n) is 4.58. The lowest BCUT2D eigenvalue weighted by molar-refractivity contribution is -0.125. The van der Waals surface area contributed by atoms with Crippen molar-refractivity contribution in [2.24, 2.45) is 5.73 Å². The number of nitrogens with two attached hydrogens (primary N) is 1. The van der Waals surface area contributed by atoms with E-state index >= 15 is 0 Å². The minimum absolute atomic E-state index is 0.149. The molecule has 0 aliphatic carbocycles. The first-order valence-electron chi connectivity index (χ1n) is 6.45. The highest BCUT2D eigenvalue weighted by Gasteiger charge is 2.25. The third kappa shape index (κ3) is 3.54. The molecule has 1 aliphatic heterocycles. The number of anilines is 1. The largest absolute Gasteiger partial charge is 0.487 e. The standard InChI is InChI=1S/C14H16N2O3S/c15-12(20)9-19-11-7-5-10(6-8-11)16-13(17)3-1-2-4-14(16)18/h5-8H,1-4,9H2,(H2,15,20). The molecule has 0 aromatic heterocycles. The zero-order chi connectivity index (χ0) is 14.5. The zero-order valence-corrected chi connectivity index (χ0v) is 11.8. The summed E-state index contributed by atoms with van der Waals surface area (Å²) in [5, 5.41) is 0. The Hall–Kier alpha value is -1.95. The molecule has 0 saturated carbocycles. The SMILES string of the molecule is NC(=S)COc1ccc(N2C(=O)CCCCC2=O)cc1.